The van der Waals surface area contributed by atoms with E-state index in [9.17, 15) is 26.7 Å². The van der Waals surface area contributed by atoms with Crippen LogP contribution in [-0.2, 0) is 4.79 Å². The average molecular weight is 306 g/mol. The molecule has 0 aliphatic carbocycles. The minimum absolute atomic E-state index is 0.188. The molecule has 1 aromatic carbocycles. The smallest absolute Gasteiger partial charge is 0.461 e. The number of alkyl halides is 5. The molecule has 0 bridgehead atoms. The number of carbonyl (C=O) groups is 1. The highest BCUT2D eigenvalue weighted by molar-refractivity contribution is 5.96. The van der Waals surface area contributed by atoms with Gasteiger partial charge in [0.1, 0.15) is 5.75 Å². The van der Waals surface area contributed by atoms with Gasteiger partial charge in [-0.3, -0.25) is 4.79 Å². The summed E-state index contributed by atoms with van der Waals surface area (Å²) >= 11 is 0. The molecule has 0 aliphatic heterocycles. The summed E-state index contributed by atoms with van der Waals surface area (Å²) in [6, 6.07) is 6.59. The van der Waals surface area contributed by atoms with Crippen LogP contribution >= 0.6 is 0 Å². The van der Waals surface area contributed by atoms with E-state index in [0.717, 1.165) is 6.08 Å². The van der Waals surface area contributed by atoms with E-state index in [4.69, 9.17) is 4.74 Å². The Morgan fingerprint density at radius 1 is 1.05 bits per heavy atom. The van der Waals surface area contributed by atoms with E-state index in [-0.39, 0.29) is 6.08 Å². The predicted molar refractivity (Wildman–Crippen MR) is 67.2 cm³/mol. The average Bonchev–Trinajstić information content (AvgIpc) is 2.42. The van der Waals surface area contributed by atoms with E-state index in [1.165, 1.54) is 19.3 Å². The van der Waals surface area contributed by atoms with Crippen molar-refractivity contribution in [3.05, 3.63) is 48.1 Å². The molecule has 0 saturated heterocycles. The van der Waals surface area contributed by atoms with Crippen LogP contribution in [0.15, 0.2) is 42.5 Å². The first-order valence-corrected chi connectivity index (χ1v) is 5.66. The van der Waals surface area contributed by atoms with Gasteiger partial charge in [-0.05, 0) is 23.8 Å². The third-order valence-electron chi connectivity index (χ3n) is 2.43. The van der Waals surface area contributed by atoms with Crippen molar-refractivity contribution in [1.29, 1.82) is 0 Å². The van der Waals surface area contributed by atoms with E-state index in [1.807, 2.05) is 0 Å². The summed E-state index contributed by atoms with van der Waals surface area (Å²) in [6.45, 7) is 0. The highest BCUT2D eigenvalue weighted by atomic mass is 19.4. The Kier molecular flexibility index (Phi) is 5.23. The lowest BCUT2D eigenvalue weighted by Crippen LogP contribution is -2.43. The van der Waals surface area contributed by atoms with E-state index >= 15 is 0 Å². The summed E-state index contributed by atoms with van der Waals surface area (Å²) in [5.41, 5.74) is 0.662. The first-order chi connectivity index (χ1) is 9.68. The lowest BCUT2D eigenvalue weighted by Gasteiger charge is -2.15. The van der Waals surface area contributed by atoms with Gasteiger partial charge >= 0.3 is 12.1 Å². The molecule has 2 nitrogen and oxygen atoms in total. The Morgan fingerprint density at radius 3 is 2.10 bits per heavy atom. The number of allylic oxidation sites excluding steroid dienone is 3. The molecule has 0 saturated carbocycles. The molecule has 7 heteroatoms. The van der Waals surface area contributed by atoms with Gasteiger partial charge in [0.25, 0.3) is 0 Å². The van der Waals surface area contributed by atoms with E-state index in [0.29, 0.717) is 11.3 Å². The zero-order chi connectivity index (χ0) is 16.1. The molecule has 21 heavy (non-hydrogen) atoms. The topological polar surface area (TPSA) is 26.3 Å². The standard InChI is InChI=1S/C14H11F5O2/c1-21-11-8-6-10(7-9-11)4-2-3-5-12(20)13(15,16)14(17,18)19/h2-9H,1H3/b4-2+,5-3+. The van der Waals surface area contributed by atoms with Crippen molar-refractivity contribution >= 4 is 11.9 Å². The maximum atomic E-state index is 12.6. The fraction of sp³-hybridized carbons (Fsp3) is 0.214. The molecule has 0 unspecified atom stereocenters. The van der Waals surface area contributed by atoms with Crippen molar-refractivity contribution in [2.45, 2.75) is 12.1 Å². The summed E-state index contributed by atoms with van der Waals surface area (Å²) in [5.74, 6) is -7.07. The summed E-state index contributed by atoms with van der Waals surface area (Å²) in [6.07, 6.45) is -2.25. The second-order valence-electron chi connectivity index (χ2n) is 3.93. The molecular formula is C14H11F5O2. The number of carbonyl (C=O) groups excluding carboxylic acids is 1. The summed E-state index contributed by atoms with van der Waals surface area (Å²) in [7, 11) is 1.49. The zero-order valence-corrected chi connectivity index (χ0v) is 10.8. The van der Waals surface area contributed by atoms with Crippen LogP contribution in [0.25, 0.3) is 6.08 Å². The van der Waals surface area contributed by atoms with Gasteiger partial charge in [0, 0.05) is 0 Å². The lowest BCUT2D eigenvalue weighted by molar-refractivity contribution is -0.266. The molecule has 0 amide bonds. The van der Waals surface area contributed by atoms with Crippen LogP contribution < -0.4 is 4.74 Å². The first-order valence-electron chi connectivity index (χ1n) is 5.66. The monoisotopic (exact) mass is 306 g/mol. The lowest BCUT2D eigenvalue weighted by atomic mass is 10.1. The Hall–Kier alpha value is -2.18. The summed E-state index contributed by atoms with van der Waals surface area (Å²) in [4.78, 5) is 10.8. The largest absolute Gasteiger partial charge is 0.497 e. The number of ketones is 1. The highest BCUT2D eigenvalue weighted by Crippen LogP contribution is 2.36. The van der Waals surface area contributed by atoms with Crippen LogP contribution in [0, 0.1) is 0 Å². The van der Waals surface area contributed by atoms with Crippen molar-refractivity contribution in [2.24, 2.45) is 0 Å². The van der Waals surface area contributed by atoms with Crippen LogP contribution in [0.2, 0.25) is 0 Å². The molecule has 1 aromatic rings. The zero-order valence-electron chi connectivity index (χ0n) is 10.8. The van der Waals surface area contributed by atoms with Gasteiger partial charge < -0.3 is 4.74 Å². The molecule has 0 fully saturated rings. The SMILES string of the molecule is COc1ccc(/C=C/C=C/C(=O)C(F)(F)C(F)(F)F)cc1. The fourth-order valence-electron chi connectivity index (χ4n) is 1.27. The van der Waals surface area contributed by atoms with Gasteiger partial charge in [-0.1, -0.05) is 30.4 Å². The fourth-order valence-corrected chi connectivity index (χ4v) is 1.27. The number of hydrogen-bond donors (Lipinski definition) is 0. The van der Waals surface area contributed by atoms with E-state index < -0.39 is 17.9 Å². The third-order valence-corrected chi connectivity index (χ3v) is 2.43. The van der Waals surface area contributed by atoms with Crippen molar-refractivity contribution in [2.75, 3.05) is 7.11 Å². The van der Waals surface area contributed by atoms with Crippen molar-refractivity contribution in [1.82, 2.24) is 0 Å². The van der Waals surface area contributed by atoms with Gasteiger partial charge in [-0.25, -0.2) is 0 Å². The Bertz CT molecular complexity index is 541. The quantitative estimate of drug-likeness (QED) is 0.466. The van der Waals surface area contributed by atoms with Crippen LogP contribution in [-0.4, -0.2) is 25.0 Å². The second kappa shape index (κ2) is 6.51. The second-order valence-corrected chi connectivity index (χ2v) is 3.93. The van der Waals surface area contributed by atoms with E-state index in [2.05, 4.69) is 0 Å². The maximum Gasteiger partial charge on any atom is 0.461 e. The van der Waals surface area contributed by atoms with Crippen LogP contribution in [0.5, 0.6) is 5.75 Å². The van der Waals surface area contributed by atoms with Gasteiger partial charge in [0.2, 0.25) is 5.78 Å². The van der Waals surface area contributed by atoms with Gasteiger partial charge in [0.15, 0.2) is 0 Å². The van der Waals surface area contributed by atoms with Crippen molar-refractivity contribution in [3.8, 4) is 5.75 Å². The van der Waals surface area contributed by atoms with Gasteiger partial charge in [-0.15, -0.1) is 0 Å². The van der Waals surface area contributed by atoms with Crippen molar-refractivity contribution in [3.63, 3.8) is 0 Å². The van der Waals surface area contributed by atoms with Gasteiger partial charge in [0.05, 0.1) is 7.11 Å². The number of methoxy groups -OCH3 is 1. The minimum Gasteiger partial charge on any atom is -0.497 e. The molecular weight excluding hydrogens is 295 g/mol. The van der Waals surface area contributed by atoms with Gasteiger partial charge in [-0.2, -0.15) is 22.0 Å². The number of rotatable bonds is 5. The summed E-state index contributed by atoms with van der Waals surface area (Å²) in [5, 5.41) is 0. The van der Waals surface area contributed by atoms with E-state index in [1.54, 1.807) is 24.3 Å². The minimum atomic E-state index is -5.89. The molecule has 0 radical (unpaired) electrons. The molecule has 0 N–H and O–H groups in total. The molecule has 0 heterocycles. The number of ether oxygens (including phenoxy) is 1. The first kappa shape index (κ1) is 16.9. The van der Waals surface area contributed by atoms with Crippen molar-refractivity contribution < 1.29 is 31.5 Å². The Morgan fingerprint density at radius 2 is 1.62 bits per heavy atom. The Balaban J connectivity index is 2.69. The highest BCUT2D eigenvalue weighted by Gasteiger charge is 2.62. The molecule has 0 aliphatic rings. The third kappa shape index (κ3) is 4.40. The van der Waals surface area contributed by atoms with Crippen LogP contribution in [0.3, 0.4) is 0 Å². The van der Waals surface area contributed by atoms with Crippen LogP contribution in [0.4, 0.5) is 22.0 Å². The molecule has 1 rings (SSSR count). The summed E-state index contributed by atoms with van der Waals surface area (Å²) < 4.78 is 65.8. The van der Waals surface area contributed by atoms with Crippen LogP contribution in [0.1, 0.15) is 5.56 Å². The normalized spacial score (nSPS) is 13.0. The molecule has 0 spiro atoms. The maximum absolute atomic E-state index is 12.6. The predicted octanol–water partition coefficient (Wildman–Crippen LogP) is 4.03. The number of benzene rings is 1. The molecule has 114 valence electrons. The Labute approximate surface area is 117 Å². The number of halogens is 5. The molecule has 0 aromatic heterocycles. The number of hydrogen-bond acceptors (Lipinski definition) is 2. The molecule has 0 atom stereocenters.